The highest BCUT2D eigenvalue weighted by atomic mass is 19.1. The van der Waals surface area contributed by atoms with E-state index in [0.29, 0.717) is 6.54 Å². The average Bonchev–Trinajstić information content (AvgIpc) is 3.35. The van der Waals surface area contributed by atoms with Crippen molar-refractivity contribution in [2.75, 3.05) is 33.3 Å². The van der Waals surface area contributed by atoms with Crippen LogP contribution in [0.4, 0.5) is 4.39 Å². The minimum Gasteiger partial charge on any atom is -0.381 e. The van der Waals surface area contributed by atoms with Crippen LogP contribution in [0, 0.1) is 18.7 Å². The number of amides is 1. The van der Waals surface area contributed by atoms with E-state index in [4.69, 9.17) is 9.72 Å². The van der Waals surface area contributed by atoms with Crippen LogP contribution in [0.15, 0.2) is 66.9 Å². The van der Waals surface area contributed by atoms with Crippen LogP contribution >= 0.6 is 0 Å². The van der Waals surface area contributed by atoms with Crippen LogP contribution in [0.5, 0.6) is 0 Å². The van der Waals surface area contributed by atoms with Gasteiger partial charge in [0.15, 0.2) is 0 Å². The number of carbonyl (C=O) groups excluding carboxylic acids is 1. The Balaban J connectivity index is 1.25. The first kappa shape index (κ1) is 26.7. The summed E-state index contributed by atoms with van der Waals surface area (Å²) in [4.78, 5) is 22.7. The second-order valence-corrected chi connectivity index (χ2v) is 11.3. The second kappa shape index (κ2) is 11.5. The van der Waals surface area contributed by atoms with Crippen molar-refractivity contribution in [3.8, 4) is 22.4 Å². The molecule has 1 aliphatic heterocycles. The number of rotatable bonds is 6. The number of hydrogen-bond acceptors (Lipinski definition) is 4. The van der Waals surface area contributed by atoms with Gasteiger partial charge in [-0.2, -0.15) is 0 Å². The number of imidazole rings is 1. The van der Waals surface area contributed by atoms with Gasteiger partial charge in [0.2, 0.25) is 5.91 Å². The van der Waals surface area contributed by atoms with Crippen molar-refractivity contribution in [1.29, 1.82) is 0 Å². The molecule has 1 saturated heterocycles. The van der Waals surface area contributed by atoms with Crippen LogP contribution in [0.1, 0.15) is 36.9 Å². The molecular formula is C33H37FN4O2. The summed E-state index contributed by atoms with van der Waals surface area (Å²) in [6.45, 7) is 5.86. The van der Waals surface area contributed by atoms with Crippen molar-refractivity contribution in [2.24, 2.45) is 5.92 Å². The molecule has 7 heteroatoms. The first-order chi connectivity index (χ1) is 19.5. The monoisotopic (exact) mass is 540 g/mol. The number of carbonyl (C=O) groups is 1. The molecule has 1 amide bonds. The third kappa shape index (κ3) is 5.54. The summed E-state index contributed by atoms with van der Waals surface area (Å²) in [6.07, 6.45) is 6.27. The van der Waals surface area contributed by atoms with E-state index in [1.54, 1.807) is 19.2 Å². The maximum Gasteiger partial charge on any atom is 0.225 e. The second-order valence-electron chi connectivity index (χ2n) is 11.3. The van der Waals surface area contributed by atoms with Crippen molar-refractivity contribution in [1.82, 2.24) is 19.2 Å². The van der Waals surface area contributed by atoms with E-state index in [2.05, 4.69) is 58.8 Å². The van der Waals surface area contributed by atoms with Gasteiger partial charge in [0.1, 0.15) is 11.5 Å². The van der Waals surface area contributed by atoms with Crippen LogP contribution in [-0.2, 0) is 16.1 Å². The van der Waals surface area contributed by atoms with Gasteiger partial charge in [-0.1, -0.05) is 36.2 Å². The summed E-state index contributed by atoms with van der Waals surface area (Å²) in [7, 11) is 1.75. The number of pyridine rings is 1. The Morgan fingerprint density at radius 1 is 0.975 bits per heavy atom. The molecule has 1 saturated carbocycles. The van der Waals surface area contributed by atoms with Crippen molar-refractivity contribution in [3.63, 3.8) is 0 Å². The van der Waals surface area contributed by atoms with Gasteiger partial charge in [0, 0.05) is 57.5 Å². The van der Waals surface area contributed by atoms with Crippen molar-refractivity contribution >= 4 is 11.6 Å². The standard InChI is InChI=1S/C33H37FN4O2/c1-23-5-3-6-25(19-23)27-11-14-31-35-32(24-9-12-28(34)13-10-24)30(38(31)21-27)22-36-15-17-37(18-16-36)33(39)26-7-4-8-29(20-26)40-2/h3,5-6,9-14,19,21,26,29H,4,7-8,15-18,20,22H2,1-2H3/t26-,29-/m0/s1. The molecule has 1 aliphatic carbocycles. The molecule has 0 N–H and O–H groups in total. The smallest absolute Gasteiger partial charge is 0.225 e. The van der Waals surface area contributed by atoms with Gasteiger partial charge in [-0.05, 0) is 73.7 Å². The molecule has 0 radical (unpaired) electrons. The Bertz CT molecular complexity index is 1490. The van der Waals surface area contributed by atoms with E-state index in [1.165, 1.54) is 17.7 Å². The lowest BCUT2D eigenvalue weighted by molar-refractivity contribution is -0.140. The van der Waals surface area contributed by atoms with Crippen molar-refractivity contribution < 1.29 is 13.9 Å². The van der Waals surface area contributed by atoms with Crippen LogP contribution in [-0.4, -0.2) is 64.5 Å². The van der Waals surface area contributed by atoms with Crippen LogP contribution in [0.3, 0.4) is 0 Å². The van der Waals surface area contributed by atoms with Crippen LogP contribution in [0.25, 0.3) is 28.0 Å². The zero-order valence-corrected chi connectivity index (χ0v) is 23.4. The first-order valence-electron chi connectivity index (χ1n) is 14.4. The van der Waals surface area contributed by atoms with Crippen molar-refractivity contribution in [3.05, 3.63) is 83.9 Å². The molecule has 4 aromatic rings. The maximum atomic E-state index is 13.8. The highest BCUT2D eigenvalue weighted by molar-refractivity contribution is 5.79. The number of fused-ring (bicyclic) bond motifs is 1. The Morgan fingerprint density at radius 2 is 1.75 bits per heavy atom. The summed E-state index contributed by atoms with van der Waals surface area (Å²) in [6, 6.07) is 19.3. The van der Waals surface area contributed by atoms with Crippen molar-refractivity contribution in [2.45, 2.75) is 45.3 Å². The molecule has 2 aromatic carbocycles. The van der Waals surface area contributed by atoms with E-state index < -0.39 is 0 Å². The number of piperazine rings is 1. The molecule has 40 heavy (non-hydrogen) atoms. The zero-order chi connectivity index (χ0) is 27.6. The SMILES string of the molecule is CO[C@H]1CCC[C@H](C(=O)N2CCN(Cc3c(-c4ccc(F)cc4)nc4ccc(-c5cccc(C)c5)cn34)CC2)C1. The molecule has 2 aromatic heterocycles. The van der Waals surface area contributed by atoms with Gasteiger partial charge in [0.25, 0.3) is 0 Å². The van der Waals surface area contributed by atoms with E-state index in [9.17, 15) is 9.18 Å². The van der Waals surface area contributed by atoms with Gasteiger partial charge in [-0.3, -0.25) is 9.69 Å². The molecule has 0 bridgehead atoms. The Morgan fingerprint density at radius 3 is 2.50 bits per heavy atom. The Labute approximate surface area is 235 Å². The predicted octanol–water partition coefficient (Wildman–Crippen LogP) is 5.97. The predicted molar refractivity (Wildman–Crippen MR) is 155 cm³/mol. The quantitative estimate of drug-likeness (QED) is 0.303. The number of benzene rings is 2. The van der Waals surface area contributed by atoms with Gasteiger partial charge in [0.05, 0.1) is 17.5 Å². The van der Waals surface area contributed by atoms with E-state index in [1.807, 2.05) is 4.90 Å². The fourth-order valence-corrected chi connectivity index (χ4v) is 6.26. The molecular weight excluding hydrogens is 503 g/mol. The third-order valence-corrected chi connectivity index (χ3v) is 8.55. The van der Waals surface area contributed by atoms with Gasteiger partial charge >= 0.3 is 0 Å². The maximum absolute atomic E-state index is 13.8. The summed E-state index contributed by atoms with van der Waals surface area (Å²) in [5.41, 5.74) is 7.21. The van der Waals surface area contributed by atoms with Gasteiger partial charge in [-0.25, -0.2) is 9.37 Å². The van der Waals surface area contributed by atoms with Gasteiger partial charge < -0.3 is 14.0 Å². The molecule has 3 heterocycles. The summed E-state index contributed by atoms with van der Waals surface area (Å²) >= 11 is 0. The largest absolute Gasteiger partial charge is 0.381 e. The first-order valence-corrected chi connectivity index (χ1v) is 14.4. The fourth-order valence-electron chi connectivity index (χ4n) is 6.26. The molecule has 2 fully saturated rings. The Kier molecular flexibility index (Phi) is 7.67. The summed E-state index contributed by atoms with van der Waals surface area (Å²) in [5.74, 6) is 0.103. The average molecular weight is 541 g/mol. The minimum atomic E-state index is -0.258. The number of nitrogens with zero attached hydrogens (tertiary/aromatic N) is 4. The van der Waals surface area contributed by atoms with Crippen LogP contribution in [0.2, 0.25) is 0 Å². The summed E-state index contributed by atoms with van der Waals surface area (Å²) in [5, 5.41) is 0. The number of hydrogen-bond donors (Lipinski definition) is 0. The highest BCUT2D eigenvalue weighted by Crippen LogP contribution is 2.30. The molecule has 2 aliphatic rings. The third-order valence-electron chi connectivity index (χ3n) is 8.55. The molecule has 6 rings (SSSR count). The number of aryl methyl sites for hydroxylation is 1. The molecule has 208 valence electrons. The van der Waals surface area contributed by atoms with Crippen LogP contribution < -0.4 is 0 Å². The highest BCUT2D eigenvalue weighted by Gasteiger charge is 2.32. The number of aromatic nitrogens is 2. The molecule has 0 spiro atoms. The number of ether oxygens (including phenoxy) is 1. The van der Waals surface area contributed by atoms with E-state index in [0.717, 1.165) is 85.6 Å². The minimum absolute atomic E-state index is 0.0779. The zero-order valence-electron chi connectivity index (χ0n) is 23.4. The van der Waals surface area contributed by atoms with E-state index >= 15 is 0 Å². The lowest BCUT2D eigenvalue weighted by Gasteiger charge is -2.38. The summed E-state index contributed by atoms with van der Waals surface area (Å²) < 4.78 is 21.5. The number of methoxy groups -OCH3 is 1. The lowest BCUT2D eigenvalue weighted by atomic mass is 9.86. The van der Waals surface area contributed by atoms with E-state index in [-0.39, 0.29) is 23.7 Å². The molecule has 2 atom stereocenters. The molecule has 6 nitrogen and oxygen atoms in total. The Hall–Kier alpha value is -3.55. The fraction of sp³-hybridized carbons (Fsp3) is 0.394. The normalized spacial score (nSPS) is 20.2. The molecule has 0 unspecified atom stereocenters. The lowest BCUT2D eigenvalue weighted by Crippen LogP contribution is -2.50. The topological polar surface area (TPSA) is 50.1 Å². The van der Waals surface area contributed by atoms with Gasteiger partial charge in [-0.15, -0.1) is 0 Å². The number of halogens is 1.